The van der Waals surface area contributed by atoms with Crippen LogP contribution in [0.3, 0.4) is 0 Å². The van der Waals surface area contributed by atoms with E-state index < -0.39 is 29.4 Å². The summed E-state index contributed by atoms with van der Waals surface area (Å²) in [5, 5.41) is 22.1. The van der Waals surface area contributed by atoms with Crippen molar-refractivity contribution >= 4 is 41.3 Å². The summed E-state index contributed by atoms with van der Waals surface area (Å²) in [6.45, 7) is 8.59. The second-order valence-electron chi connectivity index (χ2n) is 22.2. The van der Waals surface area contributed by atoms with Crippen molar-refractivity contribution < 1.29 is 48.1 Å². The maximum atomic E-state index is 14.5. The van der Waals surface area contributed by atoms with Gasteiger partial charge in [0.15, 0.2) is 5.69 Å². The molecule has 5 amide bonds. The van der Waals surface area contributed by atoms with Gasteiger partial charge in [-0.3, -0.25) is 33.7 Å². The highest BCUT2D eigenvalue weighted by Gasteiger charge is 2.62. The van der Waals surface area contributed by atoms with Crippen LogP contribution in [0.15, 0.2) is 54.6 Å². The molecule has 418 valence electrons. The van der Waals surface area contributed by atoms with Gasteiger partial charge in [0.1, 0.15) is 22.8 Å². The zero-order valence-corrected chi connectivity index (χ0v) is 46.2. The minimum absolute atomic E-state index is 0.000274. The number of methoxy groups -OCH3 is 2. The second kappa shape index (κ2) is 26.3. The number of carbonyl (C=O) groups excluding carboxylic acids is 6. The third-order valence-electron chi connectivity index (χ3n) is 16.5. The van der Waals surface area contributed by atoms with Gasteiger partial charge < -0.3 is 45.6 Å². The molecule has 2 heterocycles. The number of unbranched alkanes of at least 4 members (excludes halogenated alkanes) is 2. The lowest BCUT2D eigenvalue weighted by atomic mass is 9.48. The number of carboxylic acid groups (broad SMARTS) is 1. The van der Waals surface area contributed by atoms with E-state index in [2.05, 4.69) is 27.5 Å². The largest absolute Gasteiger partial charge is 0.496 e. The summed E-state index contributed by atoms with van der Waals surface area (Å²) >= 11 is 0. The molecule has 3 aromatic rings. The molecule has 19 nitrogen and oxygen atoms in total. The van der Waals surface area contributed by atoms with Gasteiger partial charge in [-0.1, -0.05) is 32.8 Å². The van der Waals surface area contributed by atoms with Crippen LogP contribution in [0.1, 0.15) is 130 Å². The molecule has 0 spiro atoms. The van der Waals surface area contributed by atoms with Gasteiger partial charge in [0.2, 0.25) is 5.91 Å². The van der Waals surface area contributed by atoms with Gasteiger partial charge in [-0.2, -0.15) is 5.10 Å². The van der Waals surface area contributed by atoms with Crippen LogP contribution < -0.4 is 25.8 Å². The Balaban J connectivity index is 0.890. The first kappa shape index (κ1) is 58.2. The maximum absolute atomic E-state index is 14.5. The number of nitrogens with one attached hydrogen (secondary N) is 2. The number of carbonyl (C=O) groups is 7. The van der Waals surface area contributed by atoms with E-state index in [1.807, 2.05) is 58.3 Å². The Morgan fingerprint density at radius 1 is 0.792 bits per heavy atom. The van der Waals surface area contributed by atoms with Crippen LogP contribution in [-0.4, -0.2) is 169 Å². The summed E-state index contributed by atoms with van der Waals surface area (Å²) in [6.07, 6.45) is 11.7. The normalized spacial score (nSPS) is 20.9. The van der Waals surface area contributed by atoms with Crippen LogP contribution in [0, 0.1) is 23.7 Å². The van der Waals surface area contributed by atoms with Crippen molar-refractivity contribution in [3.05, 3.63) is 71.4 Å². The van der Waals surface area contributed by atoms with E-state index in [4.69, 9.17) is 20.3 Å². The Labute approximate surface area is 453 Å². The molecule has 1 aliphatic heterocycles. The molecule has 4 aliphatic carbocycles. The Morgan fingerprint density at radius 3 is 1.99 bits per heavy atom. The van der Waals surface area contributed by atoms with Crippen LogP contribution in [-0.2, 0) is 24.0 Å². The number of carboxylic acids is 1. The molecule has 77 heavy (non-hydrogen) atoms. The molecule has 1 aromatic heterocycles. The van der Waals surface area contributed by atoms with Crippen LogP contribution in [0.4, 0.5) is 0 Å². The predicted molar refractivity (Wildman–Crippen MR) is 292 cm³/mol. The van der Waals surface area contributed by atoms with Crippen molar-refractivity contribution in [3.8, 4) is 28.4 Å². The minimum atomic E-state index is -1.36. The van der Waals surface area contributed by atoms with E-state index in [1.54, 1.807) is 35.9 Å². The monoisotopic (exact) mass is 1060 g/mol. The Hall–Kier alpha value is -6.44. The summed E-state index contributed by atoms with van der Waals surface area (Å²) in [6, 6.07) is 12.2. The van der Waals surface area contributed by atoms with E-state index in [1.165, 1.54) is 12.2 Å². The molecule has 19 heteroatoms. The Bertz CT molecular complexity index is 2600. The highest BCUT2D eigenvalue weighted by Crippen LogP contribution is 2.58. The number of ketones is 1. The van der Waals surface area contributed by atoms with Crippen molar-refractivity contribution in [2.75, 3.05) is 81.2 Å². The van der Waals surface area contributed by atoms with Gasteiger partial charge in [0.25, 0.3) is 23.6 Å². The topological polar surface area (TPSA) is 239 Å². The molecule has 5 N–H and O–H groups in total. The van der Waals surface area contributed by atoms with Gasteiger partial charge >= 0.3 is 5.97 Å². The molecule has 5 aliphatic rings. The Morgan fingerprint density at radius 2 is 1.40 bits per heavy atom. The molecular formula is C58H81N9O10. The standard InChI is InChI=1S/C58H81N9O10/c1-37(2)44-35-40(56(73)65(5)27-13-26-63(3)24-12-25-64(4)29-23-60-45(54(59)71)15-10-8-9-14-43(68)22-28-66-51(69)20-21-52(66)70)18-19-47(44)67-48(53-49(76-6)16-11-17-50(53)77-7)36-46(62-67)55(72)61-58(57(74)75)41-31-38-30-39(33-41)34-42(58)32-38/h11,16-21,35-39,41-42,45,60H,8-10,12-15,22-34H2,1-7H3,(H2,59,71)(H,61,72)(H,74,75). The second-order valence-corrected chi connectivity index (χ2v) is 22.2. The number of aromatic nitrogens is 2. The quantitative estimate of drug-likeness (QED) is 0.0448. The molecular weight excluding hydrogens is 983 g/mol. The van der Waals surface area contributed by atoms with Crippen LogP contribution in [0.25, 0.3) is 16.9 Å². The van der Waals surface area contributed by atoms with Gasteiger partial charge in [-0.05, 0) is 163 Å². The summed E-state index contributed by atoms with van der Waals surface area (Å²) in [4.78, 5) is 96.9. The average Bonchev–Trinajstić information content (AvgIpc) is 4.13. The smallest absolute Gasteiger partial charge is 0.330 e. The zero-order valence-electron chi connectivity index (χ0n) is 46.2. The summed E-state index contributed by atoms with van der Waals surface area (Å²) < 4.78 is 13.4. The molecule has 2 aromatic carbocycles. The summed E-state index contributed by atoms with van der Waals surface area (Å²) in [7, 11) is 9.06. The van der Waals surface area contributed by atoms with E-state index >= 15 is 0 Å². The van der Waals surface area contributed by atoms with Crippen molar-refractivity contribution in [1.29, 1.82) is 0 Å². The van der Waals surface area contributed by atoms with Gasteiger partial charge in [0.05, 0.1) is 37.2 Å². The number of primary amides is 1. The SMILES string of the molecule is COc1cccc(OC)c1-c1cc(C(=O)NC2(C(=O)O)C3CC4CC(C3)CC2C4)nn1-c1ccc(C(=O)N(C)CCCN(C)CCCN(C)CCNC(CCCCCC(=O)CCN2C(=O)C=CC2=O)C(N)=O)cc1C(C)C. The van der Waals surface area contributed by atoms with Gasteiger partial charge in [-0.15, -0.1) is 0 Å². The first-order chi connectivity index (χ1) is 36.8. The highest BCUT2D eigenvalue weighted by molar-refractivity contribution is 6.13. The summed E-state index contributed by atoms with van der Waals surface area (Å²) in [5.41, 5.74) is 7.48. The van der Waals surface area contributed by atoms with Gasteiger partial charge in [0, 0.05) is 63.8 Å². The zero-order chi connectivity index (χ0) is 55.6. The number of amides is 5. The fourth-order valence-corrected chi connectivity index (χ4v) is 12.5. The van der Waals surface area contributed by atoms with Crippen molar-refractivity contribution in [1.82, 2.24) is 40.0 Å². The number of aliphatic carboxylic acids is 1. The fraction of sp³-hybridized carbons (Fsp3) is 0.586. The van der Waals surface area contributed by atoms with E-state index in [0.29, 0.717) is 78.2 Å². The molecule has 4 saturated carbocycles. The number of Topliss-reactive ketones (excluding diaryl/α,β-unsaturated/α-hetero) is 1. The number of hydrogen-bond acceptors (Lipinski definition) is 13. The van der Waals surface area contributed by atoms with E-state index in [-0.39, 0.29) is 59.9 Å². The van der Waals surface area contributed by atoms with Crippen molar-refractivity contribution in [2.45, 2.75) is 115 Å². The number of benzene rings is 2. The third-order valence-corrected chi connectivity index (χ3v) is 16.5. The maximum Gasteiger partial charge on any atom is 0.330 e. The average molecular weight is 1060 g/mol. The lowest BCUT2D eigenvalue weighted by Crippen LogP contribution is -2.70. The first-order valence-electron chi connectivity index (χ1n) is 27.6. The van der Waals surface area contributed by atoms with Gasteiger partial charge in [-0.25, -0.2) is 9.48 Å². The lowest BCUT2D eigenvalue weighted by molar-refractivity contribution is -0.163. The number of hydrogen-bond donors (Lipinski definition) is 4. The molecule has 0 radical (unpaired) electrons. The number of rotatable bonds is 31. The van der Waals surface area contributed by atoms with E-state index in [0.717, 1.165) is 94.4 Å². The summed E-state index contributed by atoms with van der Waals surface area (Å²) in [5.74, 6) is -1.16. The number of ether oxygens (including phenoxy) is 2. The first-order valence-corrected chi connectivity index (χ1v) is 27.6. The lowest BCUT2D eigenvalue weighted by Gasteiger charge is -2.59. The number of likely N-dealkylation sites (N-methyl/N-ethyl adjacent to an activating group) is 1. The number of imide groups is 1. The van der Waals surface area contributed by atoms with E-state index in [9.17, 15) is 38.7 Å². The fourth-order valence-electron chi connectivity index (χ4n) is 12.5. The van der Waals surface area contributed by atoms with Crippen LogP contribution in [0.5, 0.6) is 11.5 Å². The van der Waals surface area contributed by atoms with Crippen LogP contribution in [0.2, 0.25) is 0 Å². The molecule has 1 unspecified atom stereocenters. The molecule has 1 atom stereocenters. The predicted octanol–water partition coefficient (Wildman–Crippen LogP) is 5.68. The third kappa shape index (κ3) is 13.8. The number of nitrogens with zero attached hydrogens (tertiary/aromatic N) is 6. The molecule has 4 bridgehead atoms. The minimum Gasteiger partial charge on any atom is -0.496 e. The van der Waals surface area contributed by atoms with Crippen LogP contribution >= 0.6 is 0 Å². The van der Waals surface area contributed by atoms with Crippen molar-refractivity contribution in [3.63, 3.8) is 0 Å². The number of nitrogens with two attached hydrogens (primary N) is 1. The molecule has 4 fully saturated rings. The van der Waals surface area contributed by atoms with Crippen molar-refractivity contribution in [2.24, 2.45) is 29.4 Å². The Kier molecular flexibility index (Phi) is 19.9. The molecule has 8 rings (SSSR count). The highest BCUT2D eigenvalue weighted by atomic mass is 16.5. The molecule has 0 saturated heterocycles.